The Hall–Kier alpha value is -0.130. The molecule has 0 rings (SSSR count). The third-order valence-electron chi connectivity index (χ3n) is 0.380. The van der Waals surface area contributed by atoms with Gasteiger partial charge in [0.2, 0.25) is 0 Å². The Labute approximate surface area is 48.8 Å². The molecule has 0 aliphatic rings. The molecule has 0 amide bonds. The SMILES string of the molecule is CC(C)NS(=O)(=O)[O-]. The fraction of sp³-hybridized carbons (Fsp3) is 1.00. The molecular formula is C3H8NO3S-. The molecule has 0 heterocycles. The molecule has 0 fully saturated rings. The summed E-state index contributed by atoms with van der Waals surface area (Å²) >= 11 is 0. The Bertz CT molecular complexity index is 148. The summed E-state index contributed by atoms with van der Waals surface area (Å²) in [6.07, 6.45) is 0. The smallest absolute Gasteiger partial charge is 0.159 e. The van der Waals surface area contributed by atoms with Crippen LogP contribution in [0.5, 0.6) is 0 Å². The first-order valence-corrected chi connectivity index (χ1v) is 3.56. The minimum absolute atomic E-state index is 0.308. The summed E-state index contributed by atoms with van der Waals surface area (Å²) < 4.78 is 31.1. The van der Waals surface area contributed by atoms with Gasteiger partial charge >= 0.3 is 0 Å². The van der Waals surface area contributed by atoms with E-state index in [-0.39, 0.29) is 6.04 Å². The number of hydrogen-bond acceptors (Lipinski definition) is 3. The van der Waals surface area contributed by atoms with Crippen LogP contribution in [0.2, 0.25) is 0 Å². The predicted octanol–water partition coefficient (Wildman–Crippen LogP) is -0.555. The van der Waals surface area contributed by atoms with Gasteiger partial charge in [0.15, 0.2) is 10.3 Å². The molecule has 0 spiro atoms. The van der Waals surface area contributed by atoms with E-state index in [0.29, 0.717) is 0 Å². The van der Waals surface area contributed by atoms with Crippen LogP contribution in [0.1, 0.15) is 13.8 Å². The lowest BCUT2D eigenvalue weighted by Gasteiger charge is -2.10. The van der Waals surface area contributed by atoms with Crippen LogP contribution >= 0.6 is 0 Å². The molecule has 0 aromatic heterocycles. The number of nitrogens with one attached hydrogen (secondary N) is 1. The van der Waals surface area contributed by atoms with Crippen molar-refractivity contribution in [1.82, 2.24) is 4.72 Å². The van der Waals surface area contributed by atoms with E-state index in [0.717, 1.165) is 0 Å². The van der Waals surface area contributed by atoms with E-state index in [4.69, 9.17) is 0 Å². The van der Waals surface area contributed by atoms with E-state index in [1.54, 1.807) is 18.6 Å². The topological polar surface area (TPSA) is 69.2 Å². The zero-order valence-corrected chi connectivity index (χ0v) is 5.53. The lowest BCUT2D eigenvalue weighted by Crippen LogP contribution is -2.29. The summed E-state index contributed by atoms with van der Waals surface area (Å²) in [5, 5.41) is 0. The molecule has 0 aliphatic heterocycles. The Kier molecular flexibility index (Phi) is 2.39. The highest BCUT2D eigenvalue weighted by molar-refractivity contribution is 7.83. The number of rotatable bonds is 2. The first-order valence-electron chi connectivity index (χ1n) is 2.15. The molecule has 0 saturated heterocycles. The highest BCUT2D eigenvalue weighted by Crippen LogP contribution is 1.79. The summed E-state index contributed by atoms with van der Waals surface area (Å²) in [6.45, 7) is 3.16. The van der Waals surface area contributed by atoms with E-state index < -0.39 is 10.3 Å². The Morgan fingerprint density at radius 2 is 1.88 bits per heavy atom. The van der Waals surface area contributed by atoms with E-state index in [2.05, 4.69) is 0 Å². The van der Waals surface area contributed by atoms with Crippen LogP contribution in [0, 0.1) is 0 Å². The maximum Gasteiger partial charge on any atom is 0.159 e. The van der Waals surface area contributed by atoms with Crippen molar-refractivity contribution in [3.05, 3.63) is 0 Å². The van der Waals surface area contributed by atoms with Gasteiger partial charge < -0.3 is 4.55 Å². The summed E-state index contributed by atoms with van der Waals surface area (Å²) in [7, 11) is -4.22. The largest absolute Gasteiger partial charge is 0.735 e. The van der Waals surface area contributed by atoms with Crippen LogP contribution in [-0.2, 0) is 10.3 Å². The molecule has 5 heteroatoms. The van der Waals surface area contributed by atoms with Gasteiger partial charge in [-0.25, -0.2) is 13.1 Å². The van der Waals surface area contributed by atoms with E-state index >= 15 is 0 Å². The minimum Gasteiger partial charge on any atom is -0.735 e. The van der Waals surface area contributed by atoms with Crippen molar-refractivity contribution >= 4 is 10.3 Å². The van der Waals surface area contributed by atoms with Crippen LogP contribution in [0.25, 0.3) is 0 Å². The predicted molar refractivity (Wildman–Crippen MR) is 28.0 cm³/mol. The average molecular weight is 138 g/mol. The molecule has 0 unspecified atom stereocenters. The molecule has 4 nitrogen and oxygen atoms in total. The third-order valence-corrected chi connectivity index (χ3v) is 1.14. The first kappa shape index (κ1) is 7.87. The highest BCUT2D eigenvalue weighted by atomic mass is 32.2. The lowest BCUT2D eigenvalue weighted by molar-refractivity contribution is 0.441. The number of hydrogen-bond donors (Lipinski definition) is 1. The van der Waals surface area contributed by atoms with Crippen LogP contribution in [0.4, 0.5) is 0 Å². The highest BCUT2D eigenvalue weighted by Gasteiger charge is 1.94. The molecule has 0 radical (unpaired) electrons. The molecule has 50 valence electrons. The van der Waals surface area contributed by atoms with E-state index in [1.165, 1.54) is 0 Å². The Balaban J connectivity index is 3.75. The quantitative estimate of drug-likeness (QED) is 0.520. The van der Waals surface area contributed by atoms with Crippen molar-refractivity contribution in [3.63, 3.8) is 0 Å². The molecule has 8 heavy (non-hydrogen) atoms. The van der Waals surface area contributed by atoms with Gasteiger partial charge in [-0.05, 0) is 13.8 Å². The molecule has 1 N–H and O–H groups in total. The van der Waals surface area contributed by atoms with E-state index in [9.17, 15) is 13.0 Å². The van der Waals surface area contributed by atoms with E-state index in [1.807, 2.05) is 0 Å². The fourth-order valence-electron chi connectivity index (χ4n) is 0.289. The summed E-state index contributed by atoms with van der Waals surface area (Å²) in [5.41, 5.74) is 0. The second kappa shape index (κ2) is 2.43. The summed E-state index contributed by atoms with van der Waals surface area (Å²) in [5.74, 6) is 0. The molecule has 0 saturated carbocycles. The summed E-state index contributed by atoms with van der Waals surface area (Å²) in [6, 6.07) is -0.308. The van der Waals surface area contributed by atoms with Crippen LogP contribution in [-0.4, -0.2) is 19.0 Å². The van der Waals surface area contributed by atoms with Crippen molar-refractivity contribution in [3.8, 4) is 0 Å². The monoisotopic (exact) mass is 138 g/mol. The molecule has 0 aliphatic carbocycles. The van der Waals surface area contributed by atoms with Gasteiger partial charge in [0.25, 0.3) is 0 Å². The molecule has 0 atom stereocenters. The van der Waals surface area contributed by atoms with Gasteiger partial charge in [-0.1, -0.05) is 0 Å². The van der Waals surface area contributed by atoms with Crippen molar-refractivity contribution in [2.75, 3.05) is 0 Å². The fourth-order valence-corrected chi connectivity index (χ4v) is 0.866. The molecule has 0 aromatic carbocycles. The maximum atomic E-state index is 9.78. The van der Waals surface area contributed by atoms with Crippen LogP contribution < -0.4 is 4.72 Å². The third kappa shape index (κ3) is 5.87. The normalized spacial score (nSPS) is 12.5. The van der Waals surface area contributed by atoms with Gasteiger partial charge in [0.1, 0.15) is 0 Å². The molecule has 0 aromatic rings. The zero-order chi connectivity index (χ0) is 6.78. The first-order chi connectivity index (χ1) is 3.42. The maximum absolute atomic E-state index is 9.78. The molecular weight excluding hydrogens is 130 g/mol. The van der Waals surface area contributed by atoms with Crippen molar-refractivity contribution in [2.45, 2.75) is 19.9 Å². The standard InChI is InChI=1S/C3H9NO3S/c1-3(2)4-8(5,6)7/h3-4H,1-2H3,(H,5,6,7)/p-1. The van der Waals surface area contributed by atoms with Crippen molar-refractivity contribution < 1.29 is 13.0 Å². The Morgan fingerprint density at radius 3 is 1.88 bits per heavy atom. The van der Waals surface area contributed by atoms with Crippen molar-refractivity contribution in [2.24, 2.45) is 0 Å². The molecule has 0 bridgehead atoms. The van der Waals surface area contributed by atoms with Crippen molar-refractivity contribution in [1.29, 1.82) is 0 Å². The zero-order valence-electron chi connectivity index (χ0n) is 4.71. The van der Waals surface area contributed by atoms with Crippen LogP contribution in [0.15, 0.2) is 0 Å². The second-order valence-electron chi connectivity index (χ2n) is 1.73. The van der Waals surface area contributed by atoms with Gasteiger partial charge in [-0.2, -0.15) is 0 Å². The summed E-state index contributed by atoms with van der Waals surface area (Å²) in [4.78, 5) is 0. The Morgan fingerprint density at radius 1 is 1.50 bits per heavy atom. The van der Waals surface area contributed by atoms with Gasteiger partial charge in [-0.3, -0.25) is 0 Å². The second-order valence-corrected chi connectivity index (χ2v) is 2.87. The minimum atomic E-state index is -4.22. The van der Waals surface area contributed by atoms with Gasteiger partial charge in [0, 0.05) is 6.04 Å². The van der Waals surface area contributed by atoms with Crippen LogP contribution in [0.3, 0.4) is 0 Å². The van der Waals surface area contributed by atoms with Gasteiger partial charge in [0.05, 0.1) is 0 Å². The average Bonchev–Trinajstić information content (AvgIpc) is 1.21. The van der Waals surface area contributed by atoms with Gasteiger partial charge in [-0.15, -0.1) is 0 Å². The lowest BCUT2D eigenvalue weighted by atomic mass is 10.4.